The Morgan fingerprint density at radius 1 is 1.62 bits per heavy atom. The second-order valence-corrected chi connectivity index (χ2v) is 2.65. The highest BCUT2D eigenvalue weighted by Crippen LogP contribution is 2.15. The van der Waals surface area contributed by atoms with Gasteiger partial charge in [-0.1, -0.05) is 6.08 Å². The maximum absolute atomic E-state index is 12.7. The molecule has 0 spiro atoms. The molecule has 68 valence electrons. The van der Waals surface area contributed by atoms with Gasteiger partial charge in [0.15, 0.2) is 5.78 Å². The minimum Gasteiger partial charge on any atom is -0.398 e. The van der Waals surface area contributed by atoms with Crippen molar-refractivity contribution in [1.82, 2.24) is 0 Å². The number of allylic oxidation sites excluding steroid dienone is 1. The molecule has 0 bridgehead atoms. The van der Waals surface area contributed by atoms with Crippen molar-refractivity contribution in [2.75, 3.05) is 5.73 Å². The Morgan fingerprint density at radius 3 is 2.92 bits per heavy atom. The quantitative estimate of drug-likeness (QED) is 0.439. The van der Waals surface area contributed by atoms with E-state index in [1.54, 1.807) is 0 Å². The van der Waals surface area contributed by atoms with E-state index in [1.165, 1.54) is 18.2 Å². The highest BCUT2D eigenvalue weighted by Gasteiger charge is 2.08. The number of Topliss-reactive ketones (excluding diaryl/α,β-unsaturated/α-hetero) is 1. The summed E-state index contributed by atoms with van der Waals surface area (Å²) in [6.45, 7) is 3.42. The fraction of sp³-hybridized carbons (Fsp3) is 0.100. The molecule has 0 aromatic heterocycles. The second-order valence-electron chi connectivity index (χ2n) is 2.65. The van der Waals surface area contributed by atoms with Crippen LogP contribution in [-0.2, 0) is 0 Å². The third-order valence-electron chi connectivity index (χ3n) is 1.65. The lowest BCUT2D eigenvalue weighted by Crippen LogP contribution is -2.02. The van der Waals surface area contributed by atoms with Gasteiger partial charge in [-0.15, -0.1) is 6.58 Å². The fourth-order valence-electron chi connectivity index (χ4n) is 1.01. The van der Waals surface area contributed by atoms with Gasteiger partial charge in [0.2, 0.25) is 0 Å². The summed E-state index contributed by atoms with van der Waals surface area (Å²) in [7, 11) is 0. The molecule has 2 nitrogen and oxygen atoms in total. The summed E-state index contributed by atoms with van der Waals surface area (Å²) < 4.78 is 12.7. The Labute approximate surface area is 75.9 Å². The molecule has 0 heterocycles. The van der Waals surface area contributed by atoms with Crippen molar-refractivity contribution in [3.05, 3.63) is 42.2 Å². The van der Waals surface area contributed by atoms with Gasteiger partial charge in [0, 0.05) is 17.7 Å². The summed E-state index contributed by atoms with van der Waals surface area (Å²) in [4.78, 5) is 11.3. The van der Waals surface area contributed by atoms with Crippen LogP contribution in [0.4, 0.5) is 10.1 Å². The summed E-state index contributed by atoms with van der Waals surface area (Å²) >= 11 is 0. The van der Waals surface area contributed by atoms with Gasteiger partial charge in [-0.3, -0.25) is 4.79 Å². The van der Waals surface area contributed by atoms with Crippen LogP contribution in [0.25, 0.3) is 0 Å². The molecule has 0 atom stereocenters. The van der Waals surface area contributed by atoms with Crippen molar-refractivity contribution < 1.29 is 9.18 Å². The van der Waals surface area contributed by atoms with E-state index in [9.17, 15) is 9.18 Å². The number of nitrogen functional groups attached to an aromatic ring is 1. The van der Waals surface area contributed by atoms with Gasteiger partial charge in [-0.05, 0) is 18.2 Å². The number of hydrogen-bond acceptors (Lipinski definition) is 2. The van der Waals surface area contributed by atoms with E-state index in [4.69, 9.17) is 5.73 Å². The van der Waals surface area contributed by atoms with Gasteiger partial charge in [-0.2, -0.15) is 0 Å². The molecule has 3 heteroatoms. The molecule has 0 amide bonds. The molecule has 1 rings (SSSR count). The molecule has 1 aromatic rings. The maximum Gasteiger partial charge on any atom is 0.168 e. The number of anilines is 1. The first kappa shape index (κ1) is 9.45. The summed E-state index contributed by atoms with van der Waals surface area (Å²) in [6, 6.07) is 3.74. The van der Waals surface area contributed by atoms with Crippen LogP contribution in [0.5, 0.6) is 0 Å². The number of rotatable bonds is 3. The van der Waals surface area contributed by atoms with Crippen LogP contribution < -0.4 is 5.73 Å². The number of nitrogens with two attached hydrogens (primary N) is 1. The van der Waals surface area contributed by atoms with Crippen molar-refractivity contribution in [3.63, 3.8) is 0 Å². The Bertz CT molecular complexity index is 347. The Hall–Kier alpha value is -1.64. The average molecular weight is 179 g/mol. The van der Waals surface area contributed by atoms with E-state index in [2.05, 4.69) is 6.58 Å². The molecule has 0 saturated carbocycles. The van der Waals surface area contributed by atoms with E-state index in [1.807, 2.05) is 0 Å². The average Bonchev–Trinajstić information content (AvgIpc) is 2.09. The molecular formula is C10H10FNO. The van der Waals surface area contributed by atoms with Crippen LogP contribution in [0.2, 0.25) is 0 Å². The topological polar surface area (TPSA) is 43.1 Å². The number of carbonyl (C=O) groups excluding carboxylic acids is 1. The first-order chi connectivity index (χ1) is 6.15. The van der Waals surface area contributed by atoms with Gasteiger partial charge >= 0.3 is 0 Å². The molecule has 0 aliphatic carbocycles. The second kappa shape index (κ2) is 3.85. The van der Waals surface area contributed by atoms with Crippen molar-refractivity contribution in [1.29, 1.82) is 0 Å². The highest BCUT2D eigenvalue weighted by atomic mass is 19.1. The fourth-order valence-corrected chi connectivity index (χ4v) is 1.01. The molecule has 1 aromatic carbocycles. The number of carbonyl (C=O) groups is 1. The lowest BCUT2D eigenvalue weighted by Gasteiger charge is -2.02. The molecule has 0 unspecified atom stereocenters. The van der Waals surface area contributed by atoms with E-state index < -0.39 is 5.82 Å². The lowest BCUT2D eigenvalue weighted by atomic mass is 10.1. The zero-order chi connectivity index (χ0) is 9.84. The molecule has 0 aliphatic heterocycles. The lowest BCUT2D eigenvalue weighted by molar-refractivity contribution is 0.0996. The molecule has 0 fully saturated rings. The van der Waals surface area contributed by atoms with Crippen LogP contribution in [0.3, 0.4) is 0 Å². The molecule has 0 radical (unpaired) electrons. The van der Waals surface area contributed by atoms with Crippen molar-refractivity contribution in [2.45, 2.75) is 6.42 Å². The van der Waals surface area contributed by atoms with Gasteiger partial charge in [0.05, 0.1) is 0 Å². The van der Waals surface area contributed by atoms with E-state index in [0.29, 0.717) is 5.69 Å². The van der Waals surface area contributed by atoms with Crippen molar-refractivity contribution in [3.8, 4) is 0 Å². The first-order valence-corrected chi connectivity index (χ1v) is 3.84. The van der Waals surface area contributed by atoms with Gasteiger partial charge in [0.1, 0.15) is 5.82 Å². The van der Waals surface area contributed by atoms with Gasteiger partial charge in [0.25, 0.3) is 0 Å². The van der Waals surface area contributed by atoms with E-state index in [-0.39, 0.29) is 17.8 Å². The molecule has 0 saturated heterocycles. The number of benzene rings is 1. The standard InChI is InChI=1S/C10H10FNO/c1-2-3-10(13)8-6-7(11)4-5-9(8)12/h2,4-6H,1,3,12H2. The summed E-state index contributed by atoms with van der Waals surface area (Å²) in [5.74, 6) is -0.673. The summed E-state index contributed by atoms with van der Waals surface area (Å²) in [5, 5.41) is 0. The number of halogens is 1. The van der Waals surface area contributed by atoms with Crippen LogP contribution >= 0.6 is 0 Å². The van der Waals surface area contributed by atoms with Crippen molar-refractivity contribution in [2.24, 2.45) is 0 Å². The molecule has 13 heavy (non-hydrogen) atoms. The van der Waals surface area contributed by atoms with Crippen LogP contribution in [0.15, 0.2) is 30.9 Å². The van der Waals surface area contributed by atoms with Crippen LogP contribution in [0.1, 0.15) is 16.8 Å². The zero-order valence-corrected chi connectivity index (χ0v) is 7.09. The van der Waals surface area contributed by atoms with Gasteiger partial charge < -0.3 is 5.73 Å². The number of ketones is 1. The monoisotopic (exact) mass is 179 g/mol. The highest BCUT2D eigenvalue weighted by molar-refractivity contribution is 6.01. The van der Waals surface area contributed by atoms with Crippen molar-refractivity contribution >= 4 is 11.5 Å². The Morgan fingerprint density at radius 2 is 2.31 bits per heavy atom. The smallest absolute Gasteiger partial charge is 0.168 e. The SMILES string of the molecule is C=CCC(=O)c1cc(F)ccc1N. The minimum absolute atomic E-state index is 0.174. The predicted molar refractivity (Wildman–Crippen MR) is 50.0 cm³/mol. The first-order valence-electron chi connectivity index (χ1n) is 3.84. The summed E-state index contributed by atoms with van der Waals surface area (Å²) in [5.41, 5.74) is 6.02. The Kier molecular flexibility index (Phi) is 2.80. The van der Waals surface area contributed by atoms with Gasteiger partial charge in [-0.25, -0.2) is 4.39 Å². The predicted octanol–water partition coefficient (Wildman–Crippen LogP) is 2.17. The third kappa shape index (κ3) is 2.15. The molecular weight excluding hydrogens is 169 g/mol. The zero-order valence-electron chi connectivity index (χ0n) is 7.09. The summed E-state index contributed by atoms with van der Waals surface area (Å²) in [6.07, 6.45) is 1.64. The normalized spacial score (nSPS) is 9.62. The maximum atomic E-state index is 12.7. The molecule has 0 aliphatic rings. The largest absolute Gasteiger partial charge is 0.398 e. The molecule has 2 N–H and O–H groups in total. The van der Waals surface area contributed by atoms with Crippen LogP contribution in [-0.4, -0.2) is 5.78 Å². The van der Waals surface area contributed by atoms with E-state index in [0.717, 1.165) is 6.07 Å². The number of hydrogen-bond donors (Lipinski definition) is 1. The third-order valence-corrected chi connectivity index (χ3v) is 1.65. The Balaban J connectivity index is 3.05. The van der Waals surface area contributed by atoms with E-state index >= 15 is 0 Å². The van der Waals surface area contributed by atoms with Crippen LogP contribution in [0, 0.1) is 5.82 Å². The minimum atomic E-state index is -0.457.